The Kier molecular flexibility index (Phi) is 7.55. The first-order chi connectivity index (χ1) is 21.1. The summed E-state index contributed by atoms with van der Waals surface area (Å²) in [5.74, 6) is -0.435. The van der Waals surface area contributed by atoms with Crippen molar-refractivity contribution in [3.05, 3.63) is 82.4 Å². The molecule has 3 atom stereocenters. The molecule has 230 valence electrons. The van der Waals surface area contributed by atoms with Gasteiger partial charge in [0.15, 0.2) is 0 Å². The Balaban J connectivity index is 1.16. The molecule has 0 saturated carbocycles. The van der Waals surface area contributed by atoms with E-state index in [9.17, 15) is 18.3 Å². The average molecular weight is 656 g/mol. The fourth-order valence-corrected chi connectivity index (χ4v) is 9.58. The van der Waals surface area contributed by atoms with Crippen molar-refractivity contribution in [1.82, 2.24) is 9.88 Å². The number of carboxylic acid groups (broad SMARTS) is 1. The molecule has 12 heteroatoms. The van der Waals surface area contributed by atoms with Gasteiger partial charge in [-0.3, -0.25) is 4.90 Å². The van der Waals surface area contributed by atoms with Crippen LogP contribution in [0, 0.1) is 0 Å². The van der Waals surface area contributed by atoms with E-state index in [1.165, 1.54) is 11.1 Å². The number of aromatic carboxylic acids is 1. The maximum absolute atomic E-state index is 15.6. The van der Waals surface area contributed by atoms with Crippen LogP contribution in [0.25, 0.3) is 10.2 Å². The minimum atomic E-state index is -4.27. The fourth-order valence-electron chi connectivity index (χ4n) is 6.81. The van der Waals surface area contributed by atoms with E-state index in [1.54, 1.807) is 42.5 Å². The predicted octanol–water partition coefficient (Wildman–Crippen LogP) is 5.96. The molecule has 4 aromatic rings. The molecule has 1 fully saturated rings. The van der Waals surface area contributed by atoms with Crippen LogP contribution >= 0.6 is 22.9 Å². The van der Waals surface area contributed by atoms with Crippen LogP contribution in [0.15, 0.2) is 65.0 Å². The van der Waals surface area contributed by atoms with Crippen molar-refractivity contribution < 1.29 is 27.4 Å². The molecule has 7 rings (SSSR count). The van der Waals surface area contributed by atoms with Gasteiger partial charge in [-0.1, -0.05) is 29.8 Å². The number of fused-ring (bicyclic) bond motifs is 4. The summed E-state index contributed by atoms with van der Waals surface area (Å²) < 4.78 is 48.8. The van der Waals surface area contributed by atoms with Crippen molar-refractivity contribution in [2.75, 3.05) is 37.7 Å². The van der Waals surface area contributed by atoms with Crippen LogP contribution in [-0.2, 0) is 21.7 Å². The van der Waals surface area contributed by atoms with Gasteiger partial charge in [0.05, 0.1) is 28.1 Å². The summed E-state index contributed by atoms with van der Waals surface area (Å²) >= 11 is 7.33. The van der Waals surface area contributed by atoms with Crippen molar-refractivity contribution in [3.8, 4) is 5.75 Å². The minimum absolute atomic E-state index is 0.122. The monoisotopic (exact) mass is 655 g/mol. The van der Waals surface area contributed by atoms with E-state index in [-0.39, 0.29) is 27.9 Å². The molecule has 8 nitrogen and oxygen atoms in total. The fraction of sp³-hybridized carbons (Fsp3) is 0.375. The number of thiazole rings is 1. The molecule has 0 bridgehead atoms. The van der Waals surface area contributed by atoms with E-state index in [2.05, 4.69) is 16.0 Å². The molecule has 0 amide bonds. The van der Waals surface area contributed by atoms with E-state index < -0.39 is 21.3 Å². The van der Waals surface area contributed by atoms with Gasteiger partial charge in [0, 0.05) is 42.7 Å². The summed E-state index contributed by atoms with van der Waals surface area (Å²) in [6.45, 7) is 1.78. The van der Waals surface area contributed by atoms with Gasteiger partial charge in [0.2, 0.25) is 19.7 Å². The smallest absolute Gasteiger partial charge is 0.335 e. The van der Waals surface area contributed by atoms with Crippen molar-refractivity contribution in [2.45, 2.75) is 47.0 Å². The molecular weight excluding hydrogens is 625 g/mol. The Morgan fingerprint density at radius 2 is 2.05 bits per heavy atom. The summed E-state index contributed by atoms with van der Waals surface area (Å²) in [4.78, 5) is 20.1. The number of sulfone groups is 1. The van der Waals surface area contributed by atoms with E-state index in [4.69, 9.17) is 16.3 Å². The number of ether oxygens (including phenoxy) is 1. The Morgan fingerprint density at radius 1 is 1.20 bits per heavy atom. The number of benzene rings is 3. The maximum Gasteiger partial charge on any atom is 0.335 e. The number of carboxylic acids is 1. The molecule has 1 spiro atoms. The Labute approximate surface area is 263 Å². The number of anilines is 1. The van der Waals surface area contributed by atoms with Crippen LogP contribution in [0.4, 0.5) is 10.1 Å². The summed E-state index contributed by atoms with van der Waals surface area (Å²) in [6.07, 6.45) is 3.53. The molecule has 2 aliphatic heterocycles. The normalized spacial score (nSPS) is 22.5. The van der Waals surface area contributed by atoms with Gasteiger partial charge in [0.25, 0.3) is 0 Å². The topological polar surface area (TPSA) is 100 Å². The largest absolute Gasteiger partial charge is 0.490 e. The van der Waals surface area contributed by atoms with Gasteiger partial charge in [-0.2, -0.15) is 0 Å². The molecule has 1 aliphatic carbocycles. The van der Waals surface area contributed by atoms with Crippen LogP contribution in [0.2, 0.25) is 5.02 Å². The van der Waals surface area contributed by atoms with E-state index in [0.29, 0.717) is 52.9 Å². The third kappa shape index (κ3) is 5.23. The van der Waals surface area contributed by atoms with Crippen LogP contribution in [0.3, 0.4) is 0 Å². The minimum Gasteiger partial charge on any atom is -0.490 e. The van der Waals surface area contributed by atoms with Gasteiger partial charge in [-0.05, 0) is 79.3 Å². The molecule has 3 aromatic carbocycles. The zero-order valence-corrected chi connectivity index (χ0v) is 26.2. The van der Waals surface area contributed by atoms with Crippen molar-refractivity contribution in [1.29, 1.82) is 0 Å². The number of aromatic nitrogens is 1. The van der Waals surface area contributed by atoms with E-state index >= 15 is 4.39 Å². The summed E-state index contributed by atoms with van der Waals surface area (Å²) in [6, 6.07) is 17.8. The number of hydrogen-bond acceptors (Lipinski definition) is 8. The Hall–Kier alpha value is -3.25. The molecule has 0 radical (unpaired) electrons. The number of rotatable bonds is 7. The first-order valence-corrected chi connectivity index (χ1v) is 17.4. The number of nitrogens with zero attached hydrogens (tertiary/aromatic N) is 3. The molecule has 3 heterocycles. The average Bonchev–Trinajstić information content (AvgIpc) is 3.39. The quantitative estimate of drug-likeness (QED) is 0.260. The van der Waals surface area contributed by atoms with E-state index in [0.717, 1.165) is 37.0 Å². The van der Waals surface area contributed by atoms with Crippen molar-refractivity contribution in [2.24, 2.45) is 0 Å². The van der Waals surface area contributed by atoms with Gasteiger partial charge < -0.3 is 14.7 Å². The van der Waals surface area contributed by atoms with Crippen molar-refractivity contribution in [3.63, 3.8) is 0 Å². The standard InChI is InChI=1S/C32H31ClFN3O5S2/c33-22-8-9-24-20(14-22)4-3-12-32(24)18-37(26-15-21(30(38)39)7-10-27(26)42-19-32)16-23-11-13-36(23)17-29(34)44(40,41)31-35-25-5-1-2-6-28(25)43-31/h1-2,5-10,14-15,23,29H,3-4,11-13,16-19H2,(H,38,39)/t23-,29?,32-/m0/s1. The van der Waals surface area contributed by atoms with Crippen LogP contribution in [0.1, 0.15) is 40.7 Å². The highest BCUT2D eigenvalue weighted by Gasteiger charge is 2.44. The maximum atomic E-state index is 15.6. The molecule has 44 heavy (non-hydrogen) atoms. The molecule has 1 aromatic heterocycles. The highest BCUT2D eigenvalue weighted by molar-refractivity contribution is 7.93. The number of likely N-dealkylation sites (tertiary alicyclic amines) is 1. The highest BCUT2D eigenvalue weighted by atomic mass is 35.5. The van der Waals surface area contributed by atoms with Gasteiger partial charge >= 0.3 is 5.97 Å². The lowest BCUT2D eigenvalue weighted by atomic mass is 9.70. The first-order valence-electron chi connectivity index (χ1n) is 14.6. The molecule has 3 aliphatic rings. The van der Waals surface area contributed by atoms with Gasteiger partial charge in [-0.15, -0.1) is 11.3 Å². The second kappa shape index (κ2) is 11.3. The number of para-hydroxylation sites is 1. The number of halogens is 2. The molecule has 1 saturated heterocycles. The summed E-state index contributed by atoms with van der Waals surface area (Å²) in [5, 5.41) is 10.4. The van der Waals surface area contributed by atoms with E-state index in [1.807, 2.05) is 17.0 Å². The second-order valence-electron chi connectivity index (χ2n) is 11.9. The predicted molar refractivity (Wildman–Crippen MR) is 169 cm³/mol. The molecule has 1 N–H and O–H groups in total. The SMILES string of the molecule is O=C(O)c1ccc2c(c1)N(C[C@@H]1CCN1CC(F)S(=O)(=O)c1nc3ccccc3s1)C[C@@]1(CCCc3cc(Cl)ccc31)CO2. The third-order valence-corrected chi connectivity index (χ3v) is 12.6. The Bertz CT molecular complexity index is 1830. The first kappa shape index (κ1) is 29.5. The highest BCUT2D eigenvalue weighted by Crippen LogP contribution is 2.45. The zero-order chi connectivity index (χ0) is 30.6. The van der Waals surface area contributed by atoms with Gasteiger partial charge in [0.1, 0.15) is 5.75 Å². The molecular formula is C32H31ClFN3O5S2. The summed E-state index contributed by atoms with van der Waals surface area (Å²) in [5.41, 5.74) is 1.26. The molecule has 1 unspecified atom stereocenters. The summed E-state index contributed by atoms with van der Waals surface area (Å²) in [7, 11) is -4.27. The number of aryl methyl sites for hydroxylation is 1. The van der Waals surface area contributed by atoms with Crippen molar-refractivity contribution >= 4 is 54.6 Å². The van der Waals surface area contributed by atoms with Crippen LogP contribution in [-0.4, -0.2) is 73.7 Å². The lowest BCUT2D eigenvalue weighted by Gasteiger charge is -2.46. The second-order valence-corrected chi connectivity index (χ2v) is 15.6. The van der Waals surface area contributed by atoms with Crippen LogP contribution < -0.4 is 9.64 Å². The third-order valence-electron chi connectivity index (χ3n) is 9.21. The lowest BCUT2D eigenvalue weighted by molar-refractivity contribution is 0.0696. The number of hydrogen-bond donors (Lipinski definition) is 1. The lowest BCUT2D eigenvalue weighted by Crippen LogP contribution is -2.57. The Morgan fingerprint density at radius 3 is 2.82 bits per heavy atom. The number of carbonyl (C=O) groups is 1. The van der Waals surface area contributed by atoms with Crippen LogP contribution in [0.5, 0.6) is 5.75 Å². The van der Waals surface area contributed by atoms with Gasteiger partial charge in [-0.25, -0.2) is 22.6 Å². The number of alkyl halides is 1. The zero-order valence-electron chi connectivity index (χ0n) is 23.8.